The Morgan fingerprint density at radius 1 is 0.935 bits per heavy atom. The van der Waals surface area contributed by atoms with Crippen LogP contribution < -0.4 is 29.6 Å². The Balaban J connectivity index is 1.99. The predicted molar refractivity (Wildman–Crippen MR) is 125 cm³/mol. The maximum atomic E-state index is 5.76. The van der Waals surface area contributed by atoms with E-state index >= 15 is 0 Å². The topological polar surface area (TPSA) is 73.3 Å². The monoisotopic (exact) mass is 429 g/mol. The highest BCUT2D eigenvalue weighted by Crippen LogP contribution is 2.38. The van der Waals surface area contributed by atoms with E-state index in [1.165, 1.54) is 0 Å². The van der Waals surface area contributed by atoms with Gasteiger partial charge in [-0.2, -0.15) is 0 Å². The first-order valence-electron chi connectivity index (χ1n) is 10.4. The van der Waals surface area contributed by atoms with Crippen molar-refractivity contribution in [1.29, 1.82) is 0 Å². The first-order valence-corrected chi connectivity index (χ1v) is 10.4. The van der Waals surface area contributed by atoms with E-state index in [9.17, 15) is 0 Å². The van der Waals surface area contributed by atoms with Crippen molar-refractivity contribution in [3.05, 3.63) is 47.5 Å². The minimum absolute atomic E-state index is 0.0743. The van der Waals surface area contributed by atoms with E-state index in [1.54, 1.807) is 28.4 Å². The molecule has 0 saturated carbocycles. The molecule has 7 heteroatoms. The average Bonchev–Trinajstić information content (AvgIpc) is 2.79. The number of aliphatic imine (C=N–C) groups is 1. The second-order valence-corrected chi connectivity index (χ2v) is 7.60. The van der Waals surface area contributed by atoms with E-state index in [2.05, 4.69) is 48.5 Å². The summed E-state index contributed by atoms with van der Waals surface area (Å²) in [4.78, 5) is 4.34. The number of ether oxygens (including phenoxy) is 4. The highest BCUT2D eigenvalue weighted by atomic mass is 16.5. The van der Waals surface area contributed by atoms with E-state index in [1.807, 2.05) is 24.3 Å². The highest BCUT2D eigenvalue weighted by molar-refractivity contribution is 5.80. The van der Waals surface area contributed by atoms with Crippen LogP contribution in [0.4, 0.5) is 0 Å². The summed E-state index contributed by atoms with van der Waals surface area (Å²) in [7, 11) is 6.56. The zero-order valence-corrected chi connectivity index (χ0v) is 19.6. The van der Waals surface area contributed by atoms with Gasteiger partial charge in [0.2, 0.25) is 5.75 Å². The van der Waals surface area contributed by atoms with Gasteiger partial charge in [0.1, 0.15) is 5.75 Å². The molecule has 2 rings (SSSR count). The summed E-state index contributed by atoms with van der Waals surface area (Å²) in [5, 5.41) is 6.75. The number of methoxy groups -OCH3 is 3. The van der Waals surface area contributed by atoms with Crippen LogP contribution in [0.5, 0.6) is 23.0 Å². The van der Waals surface area contributed by atoms with Crippen LogP contribution in [-0.4, -0.2) is 40.9 Å². The van der Waals surface area contributed by atoms with E-state index in [0.29, 0.717) is 42.3 Å². The van der Waals surface area contributed by atoms with Crippen LogP contribution in [0, 0.1) is 5.92 Å². The fraction of sp³-hybridized carbons (Fsp3) is 0.458. The summed E-state index contributed by atoms with van der Waals surface area (Å²) in [5.41, 5.74) is 2.13. The summed E-state index contributed by atoms with van der Waals surface area (Å²) in [6.45, 7) is 7.63. The van der Waals surface area contributed by atoms with Crippen molar-refractivity contribution in [2.45, 2.75) is 33.4 Å². The largest absolute Gasteiger partial charge is 0.493 e. The van der Waals surface area contributed by atoms with Gasteiger partial charge in [0.15, 0.2) is 17.5 Å². The van der Waals surface area contributed by atoms with Gasteiger partial charge in [0, 0.05) is 13.6 Å². The highest BCUT2D eigenvalue weighted by Gasteiger charge is 2.14. The summed E-state index contributed by atoms with van der Waals surface area (Å²) < 4.78 is 22.0. The Kier molecular flexibility index (Phi) is 9.31. The number of hydrogen-bond acceptors (Lipinski definition) is 5. The molecule has 1 atom stereocenters. The molecule has 0 aliphatic heterocycles. The van der Waals surface area contributed by atoms with Gasteiger partial charge >= 0.3 is 0 Å². The van der Waals surface area contributed by atoms with Gasteiger partial charge in [0.05, 0.1) is 34.0 Å². The second kappa shape index (κ2) is 11.9. The first-order chi connectivity index (χ1) is 14.9. The molecular weight excluding hydrogens is 394 g/mol. The van der Waals surface area contributed by atoms with E-state index in [4.69, 9.17) is 18.9 Å². The zero-order valence-electron chi connectivity index (χ0n) is 19.6. The summed E-state index contributed by atoms with van der Waals surface area (Å²) >= 11 is 0. The molecule has 31 heavy (non-hydrogen) atoms. The van der Waals surface area contributed by atoms with Gasteiger partial charge in [-0.05, 0) is 48.2 Å². The van der Waals surface area contributed by atoms with Crippen molar-refractivity contribution >= 4 is 5.96 Å². The van der Waals surface area contributed by atoms with Crippen LogP contribution in [0.2, 0.25) is 0 Å². The van der Waals surface area contributed by atoms with Crippen molar-refractivity contribution < 1.29 is 18.9 Å². The van der Waals surface area contributed by atoms with Crippen LogP contribution in [-0.2, 0) is 6.54 Å². The summed E-state index contributed by atoms with van der Waals surface area (Å²) in [6.07, 6.45) is 0. The molecule has 7 nitrogen and oxygen atoms in total. The molecule has 1 unspecified atom stereocenters. The molecular formula is C24H35N3O4. The van der Waals surface area contributed by atoms with Gasteiger partial charge in [-0.15, -0.1) is 0 Å². The Labute approximate surface area is 185 Å². The van der Waals surface area contributed by atoms with Crippen LogP contribution in [0.3, 0.4) is 0 Å². The molecule has 0 spiro atoms. The average molecular weight is 430 g/mol. The maximum Gasteiger partial charge on any atom is 0.203 e. The number of benzene rings is 2. The van der Waals surface area contributed by atoms with Crippen LogP contribution in [0.1, 0.15) is 37.9 Å². The fourth-order valence-corrected chi connectivity index (χ4v) is 3.02. The third kappa shape index (κ3) is 6.98. The molecule has 0 amide bonds. The van der Waals surface area contributed by atoms with Crippen molar-refractivity contribution in [2.75, 3.05) is 35.0 Å². The minimum atomic E-state index is 0.0743. The van der Waals surface area contributed by atoms with Gasteiger partial charge in [0.25, 0.3) is 0 Å². The lowest BCUT2D eigenvalue weighted by atomic mass is 10.1. The molecule has 2 aromatic rings. The summed E-state index contributed by atoms with van der Waals surface area (Å²) in [5.74, 6) is 3.89. The second-order valence-electron chi connectivity index (χ2n) is 7.60. The van der Waals surface area contributed by atoms with Crippen LogP contribution in [0.15, 0.2) is 41.4 Å². The molecule has 0 radical (unpaired) electrons. The zero-order chi connectivity index (χ0) is 22.8. The Morgan fingerprint density at radius 2 is 1.55 bits per heavy atom. The molecule has 2 aromatic carbocycles. The standard InChI is InChI=1S/C24H35N3O4/c1-16(2)15-31-20-10-8-19(9-11-20)17(3)27-24(25-4)26-14-18-12-21(28-5)23(30-7)22(13-18)29-6/h8-13,16-17H,14-15H2,1-7H3,(H2,25,26,27). The fourth-order valence-electron chi connectivity index (χ4n) is 3.02. The van der Waals surface area contributed by atoms with E-state index in [0.717, 1.165) is 16.9 Å². The minimum Gasteiger partial charge on any atom is -0.493 e. The SMILES string of the molecule is CN=C(NCc1cc(OC)c(OC)c(OC)c1)NC(C)c1ccc(OCC(C)C)cc1. The molecule has 0 aromatic heterocycles. The molecule has 0 saturated heterocycles. The third-order valence-corrected chi connectivity index (χ3v) is 4.72. The smallest absolute Gasteiger partial charge is 0.203 e. The summed E-state index contributed by atoms with van der Waals surface area (Å²) in [6, 6.07) is 12.1. The molecule has 0 fully saturated rings. The lowest BCUT2D eigenvalue weighted by Crippen LogP contribution is -2.38. The number of hydrogen-bond donors (Lipinski definition) is 2. The number of guanidine groups is 1. The van der Waals surface area contributed by atoms with E-state index < -0.39 is 0 Å². The van der Waals surface area contributed by atoms with Crippen molar-refractivity contribution in [2.24, 2.45) is 10.9 Å². The maximum absolute atomic E-state index is 5.76. The van der Waals surface area contributed by atoms with Gasteiger partial charge in [-0.1, -0.05) is 26.0 Å². The predicted octanol–water partition coefficient (Wildman–Crippen LogP) is 4.17. The number of nitrogens with one attached hydrogen (secondary N) is 2. The third-order valence-electron chi connectivity index (χ3n) is 4.72. The lowest BCUT2D eigenvalue weighted by molar-refractivity contribution is 0.271. The molecule has 0 bridgehead atoms. The van der Waals surface area contributed by atoms with Gasteiger partial charge in [-0.25, -0.2) is 0 Å². The number of nitrogens with zero attached hydrogens (tertiary/aromatic N) is 1. The van der Waals surface area contributed by atoms with Crippen molar-refractivity contribution in [3.63, 3.8) is 0 Å². The molecule has 0 aliphatic carbocycles. The van der Waals surface area contributed by atoms with Crippen molar-refractivity contribution in [1.82, 2.24) is 10.6 Å². The molecule has 2 N–H and O–H groups in total. The Morgan fingerprint density at radius 3 is 2.03 bits per heavy atom. The number of rotatable bonds is 10. The lowest BCUT2D eigenvalue weighted by Gasteiger charge is -2.19. The first kappa shape index (κ1) is 24.2. The van der Waals surface area contributed by atoms with Crippen LogP contribution in [0.25, 0.3) is 0 Å². The van der Waals surface area contributed by atoms with Crippen molar-refractivity contribution in [3.8, 4) is 23.0 Å². The van der Waals surface area contributed by atoms with Gasteiger partial charge < -0.3 is 29.6 Å². The normalized spacial score (nSPS) is 12.3. The molecule has 0 aliphatic rings. The van der Waals surface area contributed by atoms with Crippen LogP contribution >= 0.6 is 0 Å². The Hall–Kier alpha value is -3.09. The molecule has 0 heterocycles. The molecule has 170 valence electrons. The quantitative estimate of drug-likeness (QED) is 0.436. The van der Waals surface area contributed by atoms with Gasteiger partial charge in [-0.3, -0.25) is 4.99 Å². The van der Waals surface area contributed by atoms with E-state index in [-0.39, 0.29) is 6.04 Å². The Bertz CT molecular complexity index is 825.